The van der Waals surface area contributed by atoms with Gasteiger partial charge in [-0.25, -0.2) is 0 Å². The lowest BCUT2D eigenvalue weighted by Crippen LogP contribution is -2.49. The van der Waals surface area contributed by atoms with E-state index in [2.05, 4.69) is 219 Å². The normalized spacial score (nSPS) is 18.9. The maximum absolute atomic E-state index is 10.6. The zero-order valence-corrected chi connectivity index (χ0v) is 47.6. The Kier molecular flexibility index (Phi) is 15.4. The van der Waals surface area contributed by atoms with Crippen LogP contribution in [0.4, 0.5) is 0 Å². The molecule has 9 heteroatoms. The molecule has 3 unspecified atom stereocenters. The average Bonchev–Trinajstić information content (AvgIpc) is 3.59. The highest BCUT2D eigenvalue weighted by molar-refractivity contribution is 6.62. The van der Waals surface area contributed by atoms with E-state index in [-0.39, 0.29) is 35.6 Å². The van der Waals surface area contributed by atoms with Gasteiger partial charge in [0.25, 0.3) is 0 Å². The first kappa shape index (κ1) is 56.0. The van der Waals surface area contributed by atoms with E-state index in [1.165, 1.54) is 27.8 Å². The molecule has 6 nitrogen and oxygen atoms in total. The molecule has 0 aromatic heterocycles. The van der Waals surface area contributed by atoms with Crippen LogP contribution in [-0.4, -0.2) is 65.9 Å². The zero-order valence-electron chi connectivity index (χ0n) is 47.6. The molecule has 0 bridgehead atoms. The fourth-order valence-corrected chi connectivity index (χ4v) is 9.88. The molecule has 388 valence electrons. The van der Waals surface area contributed by atoms with E-state index < -0.39 is 27.8 Å². The zero-order chi connectivity index (χ0) is 54.6. The summed E-state index contributed by atoms with van der Waals surface area (Å²) in [5, 5.41) is 19.1. The molecule has 0 amide bonds. The molecule has 2 radical (unpaired) electrons. The maximum atomic E-state index is 10.6. The van der Waals surface area contributed by atoms with Gasteiger partial charge in [-0.15, -0.1) is 0 Å². The van der Waals surface area contributed by atoms with Crippen molar-refractivity contribution >= 4 is 38.5 Å². The summed E-state index contributed by atoms with van der Waals surface area (Å²) in [6, 6.07) is 52.7. The number of aliphatic hydroxyl groups is 1. The summed E-state index contributed by atoms with van der Waals surface area (Å²) < 4.78 is 24.8. The average molecular weight is 1000 g/mol. The summed E-state index contributed by atoms with van der Waals surface area (Å²) in [6.07, 6.45) is 7.37. The predicted molar refractivity (Wildman–Crippen MR) is 316 cm³/mol. The molecular formula is C66H80B3O6+. The smallest absolute Gasteiger partial charge is 0.439 e. The fourth-order valence-electron chi connectivity index (χ4n) is 9.88. The van der Waals surface area contributed by atoms with Gasteiger partial charge < -0.3 is 28.8 Å². The van der Waals surface area contributed by atoms with Crippen molar-refractivity contribution in [2.45, 2.75) is 155 Å². The minimum atomic E-state index is -0.997. The Hall–Kier alpha value is -5.25. The second-order valence-corrected chi connectivity index (χ2v) is 25.1. The topological polar surface area (TPSA) is 80.0 Å². The molecule has 1 saturated heterocycles. The third-order valence-corrected chi connectivity index (χ3v) is 17.7. The first-order valence-electron chi connectivity index (χ1n) is 26.8. The van der Waals surface area contributed by atoms with Gasteiger partial charge >= 0.3 is 22.1 Å². The highest BCUT2D eigenvalue weighted by Crippen LogP contribution is 2.47. The van der Waals surface area contributed by atoms with Crippen LogP contribution in [0.25, 0.3) is 33.4 Å². The number of hydrogen-bond acceptors (Lipinski definition) is 5. The second-order valence-electron chi connectivity index (χ2n) is 25.1. The van der Waals surface area contributed by atoms with E-state index in [9.17, 15) is 5.11 Å². The molecule has 1 aliphatic heterocycles. The van der Waals surface area contributed by atoms with E-state index in [4.69, 9.17) is 23.7 Å². The van der Waals surface area contributed by atoms with Crippen molar-refractivity contribution < 1.29 is 28.8 Å². The third kappa shape index (κ3) is 11.6. The van der Waals surface area contributed by atoms with E-state index in [0.717, 1.165) is 44.2 Å². The van der Waals surface area contributed by atoms with Gasteiger partial charge in [0.05, 0.1) is 22.4 Å². The summed E-state index contributed by atoms with van der Waals surface area (Å²) in [7, 11) is 3.12. The quantitative estimate of drug-likeness (QED) is 0.0727. The lowest BCUT2D eigenvalue weighted by molar-refractivity contribution is -0.0893. The number of rotatable bonds is 17. The van der Waals surface area contributed by atoms with Gasteiger partial charge in [-0.3, -0.25) is 0 Å². The summed E-state index contributed by atoms with van der Waals surface area (Å²) >= 11 is 0. The molecule has 0 saturated carbocycles. The van der Waals surface area contributed by atoms with Crippen molar-refractivity contribution in [3.63, 3.8) is 0 Å². The van der Waals surface area contributed by atoms with E-state index in [1.54, 1.807) is 28.8 Å². The molecule has 6 aromatic rings. The van der Waals surface area contributed by atoms with E-state index in [1.807, 2.05) is 41.5 Å². The predicted octanol–water partition coefficient (Wildman–Crippen LogP) is 12.4. The molecule has 0 spiro atoms. The Morgan fingerprint density at radius 2 is 0.853 bits per heavy atom. The van der Waals surface area contributed by atoms with Gasteiger partial charge in [0.1, 0.15) is 5.60 Å². The maximum Gasteiger partial charge on any atom is 0.494 e. The minimum Gasteiger partial charge on any atom is -0.439 e. The second kappa shape index (κ2) is 20.6. The van der Waals surface area contributed by atoms with Crippen LogP contribution < -0.4 is 16.4 Å². The fraction of sp³-hybridized carbons (Fsp3) is 0.394. The molecule has 3 N–H and O–H groups in total. The van der Waals surface area contributed by atoms with Gasteiger partial charge in [-0.05, 0) is 155 Å². The highest BCUT2D eigenvalue weighted by atomic mass is 16.7. The Balaban J connectivity index is 1.04. The van der Waals surface area contributed by atoms with Crippen LogP contribution in [0, 0.1) is 11.8 Å². The van der Waals surface area contributed by atoms with Crippen molar-refractivity contribution in [2.24, 2.45) is 11.8 Å². The van der Waals surface area contributed by atoms with E-state index in [0.29, 0.717) is 0 Å². The third-order valence-electron chi connectivity index (χ3n) is 17.7. The van der Waals surface area contributed by atoms with Crippen molar-refractivity contribution in [3.05, 3.63) is 186 Å². The summed E-state index contributed by atoms with van der Waals surface area (Å²) in [5.74, 6) is 0.521. The lowest BCUT2D eigenvalue weighted by Gasteiger charge is -2.41. The monoisotopic (exact) mass is 1000 g/mol. The largest absolute Gasteiger partial charge is 0.494 e. The molecule has 2 aliphatic rings. The van der Waals surface area contributed by atoms with Crippen LogP contribution in [0.5, 0.6) is 0 Å². The van der Waals surface area contributed by atoms with Crippen molar-refractivity contribution in [1.82, 2.24) is 0 Å². The van der Waals surface area contributed by atoms with Crippen LogP contribution in [0.15, 0.2) is 169 Å². The van der Waals surface area contributed by atoms with Crippen LogP contribution in [0.2, 0.25) is 0 Å². The Morgan fingerprint density at radius 3 is 1.21 bits per heavy atom. The van der Waals surface area contributed by atoms with Crippen LogP contribution in [-0.2, 0) is 29.4 Å². The Morgan fingerprint density at radius 1 is 0.507 bits per heavy atom. The molecule has 8 rings (SSSR count). The van der Waals surface area contributed by atoms with Gasteiger partial charge in [-0.2, -0.15) is 0 Å². The molecule has 1 heterocycles. The lowest BCUT2D eigenvalue weighted by atomic mass is 9.62. The van der Waals surface area contributed by atoms with Gasteiger partial charge in [0, 0.05) is 19.3 Å². The van der Waals surface area contributed by atoms with Crippen LogP contribution >= 0.6 is 0 Å². The van der Waals surface area contributed by atoms with Crippen molar-refractivity contribution in [1.29, 1.82) is 0 Å². The van der Waals surface area contributed by atoms with Crippen molar-refractivity contribution in [3.8, 4) is 33.4 Å². The molecule has 1 fully saturated rings. The van der Waals surface area contributed by atoms with Gasteiger partial charge in [0.15, 0.2) is 5.60 Å². The van der Waals surface area contributed by atoms with Crippen LogP contribution in [0.1, 0.15) is 127 Å². The number of hydrogen-bond donors (Lipinski definition) is 1. The summed E-state index contributed by atoms with van der Waals surface area (Å²) in [5.41, 5.74) is 10.3. The Bertz CT molecular complexity index is 2840. The molecule has 3 atom stereocenters. The first-order valence-corrected chi connectivity index (χ1v) is 26.8. The van der Waals surface area contributed by atoms with Crippen molar-refractivity contribution in [2.75, 3.05) is 0 Å². The SMILES string of the molecule is CC1C=C(C(C)(c2ccc(-c3ccc([B]OC(C)(C)C(C)(C)O)cc3)cc2)c2ccc(-c3ccc([B]OC(C)(C)C(C)(C)[OH2+])cc3)cc2)C=CC1C(C)(C)c1ccc(-c2ccc(B3OC(C)(C)C(C)(C)O3)cc2)cc1. The summed E-state index contributed by atoms with van der Waals surface area (Å²) in [6.45, 7) is 32.8. The number of allylic oxidation sites excluding steroid dienone is 4. The summed E-state index contributed by atoms with van der Waals surface area (Å²) in [4.78, 5) is 0. The first-order chi connectivity index (χ1) is 34.9. The molecule has 6 aromatic carbocycles. The van der Waals surface area contributed by atoms with E-state index >= 15 is 0 Å². The standard InChI is InChI=1S/C66H79B3O6/c1-44-43-54(35-42-58(44)59(2,3)51-29-17-45(18-30-51)50-27-40-57(41-28-50)69-74-64(12,13)65(14,15)75-69)66(16,52-31-19-46(20-32-52)48-23-36-55(37-24-48)67-72-62(8,9)60(4,5)70)53-33-21-47(22-34-53)49-25-38-56(39-26-49)68-73-63(10,11)61(6,7)71/h17-44,58,70-71H,1-16H3/p+1. The molecular weight excluding hydrogens is 921 g/mol. The van der Waals surface area contributed by atoms with Gasteiger partial charge in [0.2, 0.25) is 0 Å². The number of benzene rings is 6. The molecule has 75 heavy (non-hydrogen) atoms. The highest BCUT2D eigenvalue weighted by Gasteiger charge is 2.52. The minimum absolute atomic E-state index is 0.143. The van der Waals surface area contributed by atoms with Gasteiger partial charge in [-0.1, -0.05) is 196 Å². The van der Waals surface area contributed by atoms with Crippen LogP contribution in [0.3, 0.4) is 0 Å². The Labute approximate surface area is 451 Å². The molecule has 1 aliphatic carbocycles.